The quantitative estimate of drug-likeness (QED) is 0.312. The van der Waals surface area contributed by atoms with E-state index in [9.17, 15) is 9.59 Å². The van der Waals surface area contributed by atoms with Crippen LogP contribution in [0.2, 0.25) is 0 Å². The molecule has 6 heteroatoms. The van der Waals surface area contributed by atoms with Crippen LogP contribution in [0.15, 0.2) is 60.7 Å². The van der Waals surface area contributed by atoms with Crippen molar-refractivity contribution in [1.29, 1.82) is 0 Å². The van der Waals surface area contributed by atoms with Crippen LogP contribution >= 0.6 is 0 Å². The molecule has 2 aromatic carbocycles. The number of hydrogen-bond donors (Lipinski definition) is 2. The van der Waals surface area contributed by atoms with Gasteiger partial charge in [0.05, 0.1) is 0 Å². The Kier molecular flexibility index (Phi) is 7.77. The summed E-state index contributed by atoms with van der Waals surface area (Å²) >= 11 is 0. The van der Waals surface area contributed by atoms with Gasteiger partial charge in [-0.2, -0.15) is 4.79 Å². The molecule has 2 aromatic rings. The van der Waals surface area contributed by atoms with E-state index in [2.05, 4.69) is 27.6 Å². The third kappa shape index (κ3) is 6.71. The van der Waals surface area contributed by atoms with Gasteiger partial charge in [0.1, 0.15) is 6.04 Å². The average Bonchev–Trinajstić information content (AvgIpc) is 2.66. The zero-order valence-corrected chi connectivity index (χ0v) is 14.5. The summed E-state index contributed by atoms with van der Waals surface area (Å²) < 4.78 is 0. The second-order valence-electron chi connectivity index (χ2n) is 5.88. The minimum absolute atomic E-state index is 0.262. The molecule has 0 fully saturated rings. The maximum Gasteiger partial charge on any atom is 0.344 e. The van der Waals surface area contributed by atoms with E-state index in [0.29, 0.717) is 13.0 Å². The molecule has 134 valence electrons. The van der Waals surface area contributed by atoms with E-state index in [4.69, 9.17) is 5.53 Å². The van der Waals surface area contributed by atoms with Crippen molar-refractivity contribution in [2.75, 3.05) is 6.54 Å². The number of amides is 2. The molecule has 0 bridgehead atoms. The van der Waals surface area contributed by atoms with Gasteiger partial charge in [0.15, 0.2) is 0 Å². The first-order chi connectivity index (χ1) is 12.7. The minimum Gasteiger partial charge on any atom is -0.361 e. The summed E-state index contributed by atoms with van der Waals surface area (Å²) in [6.45, 7) is 0.517. The number of hydrogen-bond acceptors (Lipinski definition) is 2. The van der Waals surface area contributed by atoms with E-state index in [1.54, 1.807) is 0 Å². The first kappa shape index (κ1) is 19.1. The van der Waals surface area contributed by atoms with Gasteiger partial charge in [-0.25, -0.2) is 0 Å². The van der Waals surface area contributed by atoms with Crippen LogP contribution in [0, 0.1) is 0 Å². The molecule has 0 unspecified atom stereocenters. The highest BCUT2D eigenvalue weighted by Gasteiger charge is 2.21. The molecule has 0 saturated carbocycles. The Morgan fingerprint density at radius 2 is 1.62 bits per heavy atom. The van der Waals surface area contributed by atoms with Gasteiger partial charge in [-0.15, -0.1) is 0 Å². The van der Waals surface area contributed by atoms with E-state index in [0.717, 1.165) is 24.6 Å². The van der Waals surface area contributed by atoms with Crippen molar-refractivity contribution in [3.05, 3.63) is 77.3 Å². The zero-order valence-electron chi connectivity index (χ0n) is 14.5. The van der Waals surface area contributed by atoms with Crippen LogP contribution in [0.3, 0.4) is 0 Å². The predicted molar refractivity (Wildman–Crippen MR) is 99.5 cm³/mol. The lowest BCUT2D eigenvalue weighted by molar-refractivity contribution is -0.127. The Morgan fingerprint density at radius 3 is 2.23 bits per heavy atom. The van der Waals surface area contributed by atoms with Crippen LogP contribution in [-0.4, -0.2) is 35.4 Å². The van der Waals surface area contributed by atoms with Crippen LogP contribution in [0.1, 0.15) is 17.5 Å². The fourth-order valence-electron chi connectivity index (χ4n) is 2.59. The smallest absolute Gasteiger partial charge is 0.344 e. The molecule has 0 spiro atoms. The van der Waals surface area contributed by atoms with Gasteiger partial charge in [0.2, 0.25) is 5.91 Å². The molecule has 2 N–H and O–H groups in total. The molecular weight excluding hydrogens is 328 g/mol. The van der Waals surface area contributed by atoms with E-state index >= 15 is 0 Å². The molecule has 0 aliphatic carbocycles. The Morgan fingerprint density at radius 1 is 1.00 bits per heavy atom. The highest BCUT2D eigenvalue weighted by molar-refractivity contribution is 6.24. The maximum atomic E-state index is 12.5. The largest absolute Gasteiger partial charge is 0.361 e. The van der Waals surface area contributed by atoms with Crippen LogP contribution in [0.5, 0.6) is 0 Å². The summed E-state index contributed by atoms with van der Waals surface area (Å²) in [6.07, 6.45) is 2.77. The fraction of sp³-hybridized carbons (Fsp3) is 0.250. The summed E-state index contributed by atoms with van der Waals surface area (Å²) in [5.41, 5.74) is 10.6. The number of rotatable bonds is 9. The van der Waals surface area contributed by atoms with Crippen LogP contribution in [0.4, 0.5) is 0 Å². The van der Waals surface area contributed by atoms with Crippen molar-refractivity contribution in [3.63, 3.8) is 0 Å². The number of benzene rings is 2. The summed E-state index contributed by atoms with van der Waals surface area (Å²) in [6, 6.07) is 18.7. The van der Waals surface area contributed by atoms with Gasteiger partial charge in [-0.05, 0) is 24.0 Å². The highest BCUT2D eigenvalue weighted by atomic mass is 16.2. The Bertz CT molecular complexity index is 756. The van der Waals surface area contributed by atoms with Crippen molar-refractivity contribution in [3.8, 4) is 0 Å². The van der Waals surface area contributed by atoms with Crippen molar-refractivity contribution >= 4 is 18.0 Å². The first-order valence-electron chi connectivity index (χ1n) is 8.52. The molecule has 0 aliphatic rings. The SMILES string of the molecule is [N-]=[N+]=CC(=O)N[C@@H](Cc1ccccc1)C(=O)NCCCc1ccccc1. The summed E-state index contributed by atoms with van der Waals surface area (Å²) in [7, 11) is 0. The third-order valence-electron chi connectivity index (χ3n) is 3.87. The average molecular weight is 350 g/mol. The number of aryl methyl sites for hydroxylation is 1. The molecule has 1 atom stereocenters. The molecule has 2 amide bonds. The summed E-state index contributed by atoms with van der Waals surface area (Å²) in [5, 5.41) is 5.42. The summed E-state index contributed by atoms with van der Waals surface area (Å²) in [4.78, 5) is 26.8. The number of nitrogens with one attached hydrogen (secondary N) is 2. The summed E-state index contributed by atoms with van der Waals surface area (Å²) in [5.74, 6) is -0.880. The molecule has 6 nitrogen and oxygen atoms in total. The monoisotopic (exact) mass is 350 g/mol. The second kappa shape index (κ2) is 10.6. The van der Waals surface area contributed by atoms with Gasteiger partial charge in [0.25, 0.3) is 0 Å². The normalized spacial score (nSPS) is 11.1. The van der Waals surface area contributed by atoms with Gasteiger partial charge in [-0.3, -0.25) is 9.59 Å². The molecule has 26 heavy (non-hydrogen) atoms. The second-order valence-corrected chi connectivity index (χ2v) is 5.88. The molecule has 0 aromatic heterocycles. The molecule has 0 saturated heterocycles. The van der Waals surface area contributed by atoms with Crippen LogP contribution in [-0.2, 0) is 22.4 Å². The Labute approximate surface area is 152 Å². The van der Waals surface area contributed by atoms with Gasteiger partial charge >= 0.3 is 12.1 Å². The molecule has 0 aliphatic heterocycles. The van der Waals surface area contributed by atoms with Gasteiger partial charge < -0.3 is 16.2 Å². The van der Waals surface area contributed by atoms with Crippen LogP contribution < -0.4 is 10.6 Å². The third-order valence-corrected chi connectivity index (χ3v) is 3.87. The first-order valence-corrected chi connectivity index (χ1v) is 8.52. The highest BCUT2D eigenvalue weighted by Crippen LogP contribution is 2.04. The fourth-order valence-corrected chi connectivity index (χ4v) is 2.59. The van der Waals surface area contributed by atoms with Crippen molar-refractivity contribution in [1.82, 2.24) is 10.6 Å². The van der Waals surface area contributed by atoms with Gasteiger partial charge in [-0.1, -0.05) is 60.7 Å². The number of carbonyl (C=O) groups excluding carboxylic acids is 2. The zero-order chi connectivity index (χ0) is 18.6. The standard InChI is InChI=1S/C20H22N4O2/c21-23-15-19(25)24-18(14-17-10-5-2-6-11-17)20(26)22-13-7-12-16-8-3-1-4-9-16/h1-6,8-11,15,18H,7,12-14H2,(H,22,26)(H,24,25)/t18-/m0/s1. The van der Waals surface area contributed by atoms with E-state index < -0.39 is 11.9 Å². The lowest BCUT2D eigenvalue weighted by Gasteiger charge is -2.17. The Hall–Kier alpha value is -3.24. The van der Waals surface area contributed by atoms with E-state index in [1.807, 2.05) is 48.5 Å². The maximum absolute atomic E-state index is 12.5. The topological polar surface area (TPSA) is 94.6 Å². The van der Waals surface area contributed by atoms with Gasteiger partial charge in [0, 0.05) is 13.0 Å². The molecule has 2 rings (SSSR count). The molecule has 0 radical (unpaired) electrons. The lowest BCUT2D eigenvalue weighted by atomic mass is 10.0. The van der Waals surface area contributed by atoms with E-state index in [-0.39, 0.29) is 5.91 Å². The Balaban J connectivity index is 1.89. The number of carbonyl (C=O) groups is 2. The molecular formula is C20H22N4O2. The van der Waals surface area contributed by atoms with Crippen molar-refractivity contribution < 1.29 is 14.4 Å². The van der Waals surface area contributed by atoms with Crippen molar-refractivity contribution in [2.45, 2.75) is 25.3 Å². The molecule has 0 heterocycles. The predicted octanol–water partition coefficient (Wildman–Crippen LogP) is 1.76. The van der Waals surface area contributed by atoms with E-state index in [1.165, 1.54) is 5.56 Å². The van der Waals surface area contributed by atoms with Crippen molar-refractivity contribution in [2.24, 2.45) is 0 Å². The lowest BCUT2D eigenvalue weighted by Crippen LogP contribution is -2.48. The van der Waals surface area contributed by atoms with Crippen LogP contribution in [0.25, 0.3) is 5.53 Å². The minimum atomic E-state index is -0.736. The number of nitrogens with zero attached hydrogens (tertiary/aromatic N) is 2.